The number of hydrogen-bond donors (Lipinski definition) is 3. The maximum Gasteiger partial charge on any atom is 0.411 e. The van der Waals surface area contributed by atoms with Gasteiger partial charge in [0.25, 0.3) is 5.91 Å². The lowest BCUT2D eigenvalue weighted by Crippen LogP contribution is -2.22. The van der Waals surface area contributed by atoms with E-state index in [1.54, 1.807) is 32.3 Å². The molecule has 4 aromatic rings. The molecule has 0 aliphatic rings. The van der Waals surface area contributed by atoms with Crippen molar-refractivity contribution in [1.29, 1.82) is 0 Å². The van der Waals surface area contributed by atoms with Crippen LogP contribution in [0.15, 0.2) is 54.6 Å². The molecule has 0 saturated heterocycles. The minimum absolute atomic E-state index is 0.132. The molecule has 0 radical (unpaired) electrons. The Morgan fingerprint density at radius 1 is 1.00 bits per heavy atom. The number of aromatic nitrogens is 1. The van der Waals surface area contributed by atoms with Gasteiger partial charge in [-0.15, -0.1) is 0 Å². The predicted molar refractivity (Wildman–Crippen MR) is 148 cm³/mol. The van der Waals surface area contributed by atoms with E-state index >= 15 is 0 Å². The van der Waals surface area contributed by atoms with E-state index in [2.05, 4.69) is 10.6 Å². The third-order valence-corrected chi connectivity index (χ3v) is 6.09. The zero-order valence-corrected chi connectivity index (χ0v) is 21.6. The number of aliphatic hydroxyl groups is 1. The smallest absolute Gasteiger partial charge is 0.411 e. The van der Waals surface area contributed by atoms with Crippen molar-refractivity contribution in [3.8, 4) is 0 Å². The summed E-state index contributed by atoms with van der Waals surface area (Å²) in [4.78, 5) is 31.6. The molecular weight excluding hydrogens is 468 g/mol. The number of rotatable bonds is 8. The molecule has 1 heterocycles. The maximum absolute atomic E-state index is 13.0. The van der Waals surface area contributed by atoms with Crippen molar-refractivity contribution in [1.82, 2.24) is 9.88 Å². The minimum Gasteiger partial charge on any atom is -0.449 e. The van der Waals surface area contributed by atoms with Crippen molar-refractivity contribution >= 4 is 50.9 Å². The average Bonchev–Trinajstić information content (AvgIpc) is 2.88. The summed E-state index contributed by atoms with van der Waals surface area (Å²) in [5, 5.41) is 17.8. The van der Waals surface area contributed by atoms with Crippen LogP contribution in [0.2, 0.25) is 0 Å². The molecule has 4 rings (SSSR count). The maximum atomic E-state index is 13.0. The first-order chi connectivity index (χ1) is 17.8. The number of nitrogens with zero attached hydrogens (tertiary/aromatic N) is 2. The molecule has 0 spiro atoms. The summed E-state index contributed by atoms with van der Waals surface area (Å²) < 4.78 is 5.22. The number of ether oxygens (including phenoxy) is 1. The van der Waals surface area contributed by atoms with Crippen LogP contribution in [-0.2, 0) is 11.3 Å². The molecule has 0 atom stereocenters. The van der Waals surface area contributed by atoms with Gasteiger partial charge in [0.05, 0.1) is 35.5 Å². The van der Waals surface area contributed by atoms with Crippen molar-refractivity contribution in [3.05, 3.63) is 71.3 Å². The molecule has 1 aromatic heterocycles. The highest BCUT2D eigenvalue weighted by Gasteiger charge is 2.18. The van der Waals surface area contributed by atoms with E-state index in [1.165, 1.54) is 4.90 Å². The SMILES string of the molecule is CCCCOC(=O)Nc1cc(CO)cc(Nc2c3cccc(C)c3nc3c(C(=O)N(C)C)cccc23)c1. The molecule has 0 fully saturated rings. The number of benzene rings is 3. The topological polar surface area (TPSA) is 104 Å². The van der Waals surface area contributed by atoms with Crippen LogP contribution in [0, 0.1) is 6.92 Å². The Bertz CT molecular complexity index is 1470. The molecule has 37 heavy (non-hydrogen) atoms. The Balaban J connectivity index is 1.83. The second kappa shape index (κ2) is 11.3. The van der Waals surface area contributed by atoms with Crippen molar-refractivity contribution in [2.75, 3.05) is 31.3 Å². The average molecular weight is 501 g/mol. The summed E-state index contributed by atoms with van der Waals surface area (Å²) in [6, 6.07) is 16.8. The Morgan fingerprint density at radius 2 is 1.70 bits per heavy atom. The molecule has 0 saturated carbocycles. The summed E-state index contributed by atoms with van der Waals surface area (Å²) in [5.41, 5.74) is 5.44. The number of carbonyl (C=O) groups excluding carboxylic acids is 2. The van der Waals surface area contributed by atoms with E-state index in [1.807, 2.05) is 50.2 Å². The quantitative estimate of drug-likeness (QED) is 0.203. The van der Waals surface area contributed by atoms with Crippen molar-refractivity contribution in [3.63, 3.8) is 0 Å². The van der Waals surface area contributed by atoms with Crippen molar-refractivity contribution in [2.45, 2.75) is 33.3 Å². The van der Waals surface area contributed by atoms with E-state index in [9.17, 15) is 14.7 Å². The van der Waals surface area contributed by atoms with E-state index < -0.39 is 6.09 Å². The zero-order valence-electron chi connectivity index (χ0n) is 21.6. The highest BCUT2D eigenvalue weighted by molar-refractivity contribution is 6.15. The fraction of sp³-hybridized carbons (Fsp3) is 0.276. The Labute approximate surface area is 216 Å². The number of para-hydroxylation sites is 2. The number of amides is 2. The van der Waals surface area contributed by atoms with Crippen LogP contribution >= 0.6 is 0 Å². The predicted octanol–water partition coefficient (Wildman–Crippen LogP) is 5.98. The van der Waals surface area contributed by atoms with Gasteiger partial charge in [-0.25, -0.2) is 9.78 Å². The molecule has 0 bridgehead atoms. The number of aliphatic hydroxyl groups excluding tert-OH is 1. The van der Waals surface area contributed by atoms with Gasteiger partial charge in [-0.2, -0.15) is 0 Å². The molecule has 2 amide bonds. The molecule has 8 nitrogen and oxygen atoms in total. The first kappa shape index (κ1) is 25.9. The van der Waals surface area contributed by atoms with Crippen LogP contribution < -0.4 is 10.6 Å². The third kappa shape index (κ3) is 5.65. The second-order valence-corrected chi connectivity index (χ2v) is 9.18. The van der Waals surface area contributed by atoms with Gasteiger partial charge in [-0.05, 0) is 48.7 Å². The van der Waals surface area contributed by atoms with Gasteiger partial charge in [0, 0.05) is 36.2 Å². The summed E-state index contributed by atoms with van der Waals surface area (Å²) in [6.07, 6.45) is 1.17. The Morgan fingerprint density at radius 3 is 2.41 bits per heavy atom. The standard InChI is InChI=1S/C29H32N4O4/c1-5-6-13-37-29(36)31-21-15-19(17-34)14-20(16-21)30-26-22-10-7-9-18(2)25(22)32-27-23(26)11-8-12-24(27)28(35)33(3)4/h7-12,14-16,34H,5-6,13,17H2,1-4H3,(H,30,32)(H,31,36). The van der Waals surface area contributed by atoms with Crippen molar-refractivity contribution in [2.24, 2.45) is 0 Å². The number of anilines is 3. The largest absolute Gasteiger partial charge is 0.449 e. The summed E-state index contributed by atoms with van der Waals surface area (Å²) in [7, 11) is 3.43. The lowest BCUT2D eigenvalue weighted by atomic mass is 10.0. The van der Waals surface area contributed by atoms with Gasteiger partial charge in [0.1, 0.15) is 0 Å². The Hall–Kier alpha value is -4.17. The van der Waals surface area contributed by atoms with Crippen LogP contribution in [0.5, 0.6) is 0 Å². The lowest BCUT2D eigenvalue weighted by molar-refractivity contribution is 0.0829. The second-order valence-electron chi connectivity index (χ2n) is 9.18. The number of hydrogen-bond acceptors (Lipinski definition) is 6. The van der Waals surface area contributed by atoms with Crippen LogP contribution in [-0.4, -0.2) is 47.7 Å². The fourth-order valence-corrected chi connectivity index (χ4v) is 4.21. The first-order valence-corrected chi connectivity index (χ1v) is 12.3. The fourth-order valence-electron chi connectivity index (χ4n) is 4.21. The van der Waals surface area contributed by atoms with Crippen molar-refractivity contribution < 1.29 is 19.4 Å². The van der Waals surface area contributed by atoms with E-state index in [0.717, 1.165) is 40.4 Å². The molecule has 3 N–H and O–H groups in total. The number of pyridine rings is 1. The summed E-state index contributed by atoms with van der Waals surface area (Å²) >= 11 is 0. The van der Waals surface area contributed by atoms with E-state index in [-0.39, 0.29) is 12.5 Å². The molecule has 3 aromatic carbocycles. The number of carbonyl (C=O) groups is 2. The molecule has 0 aliphatic carbocycles. The zero-order chi connectivity index (χ0) is 26.5. The van der Waals surface area contributed by atoms with E-state index in [0.29, 0.717) is 34.6 Å². The van der Waals surface area contributed by atoms with Gasteiger partial charge in [-0.1, -0.05) is 43.7 Å². The lowest BCUT2D eigenvalue weighted by Gasteiger charge is -2.18. The highest BCUT2D eigenvalue weighted by atomic mass is 16.5. The first-order valence-electron chi connectivity index (χ1n) is 12.3. The number of nitrogens with one attached hydrogen (secondary N) is 2. The normalized spacial score (nSPS) is 10.9. The number of unbranched alkanes of at least 4 members (excludes halogenated alkanes) is 1. The number of aryl methyl sites for hydroxylation is 1. The van der Waals surface area contributed by atoms with Gasteiger partial charge in [-0.3, -0.25) is 10.1 Å². The van der Waals surface area contributed by atoms with Crippen LogP contribution in [0.3, 0.4) is 0 Å². The molecule has 0 aliphatic heterocycles. The monoisotopic (exact) mass is 500 g/mol. The van der Waals surface area contributed by atoms with E-state index in [4.69, 9.17) is 9.72 Å². The highest BCUT2D eigenvalue weighted by Crippen LogP contribution is 2.36. The van der Waals surface area contributed by atoms with Gasteiger partial charge >= 0.3 is 6.09 Å². The minimum atomic E-state index is -0.545. The van der Waals surface area contributed by atoms with Crippen LogP contribution in [0.4, 0.5) is 21.9 Å². The molecular formula is C29H32N4O4. The summed E-state index contributed by atoms with van der Waals surface area (Å²) in [5.74, 6) is -0.132. The molecule has 8 heteroatoms. The van der Waals surface area contributed by atoms with Crippen LogP contribution in [0.1, 0.15) is 41.3 Å². The molecule has 192 valence electrons. The van der Waals surface area contributed by atoms with Gasteiger partial charge in [0.2, 0.25) is 0 Å². The van der Waals surface area contributed by atoms with Crippen LogP contribution in [0.25, 0.3) is 21.8 Å². The summed E-state index contributed by atoms with van der Waals surface area (Å²) in [6.45, 7) is 4.15. The Kier molecular flexibility index (Phi) is 7.89. The van der Waals surface area contributed by atoms with Gasteiger partial charge < -0.3 is 20.1 Å². The van der Waals surface area contributed by atoms with Gasteiger partial charge in [0.15, 0.2) is 0 Å². The third-order valence-electron chi connectivity index (χ3n) is 6.09. The number of fused-ring (bicyclic) bond motifs is 2. The molecule has 0 unspecified atom stereocenters.